The highest BCUT2D eigenvalue weighted by Gasteiger charge is 2.33. The van der Waals surface area contributed by atoms with Crippen molar-refractivity contribution in [2.24, 2.45) is 11.8 Å². The van der Waals surface area contributed by atoms with Crippen molar-refractivity contribution >= 4 is 11.8 Å². The van der Waals surface area contributed by atoms with Crippen LogP contribution in [0.1, 0.15) is 65.2 Å². The molecule has 2 aliphatic carbocycles. The Labute approximate surface area is 122 Å². The quantitative estimate of drug-likeness (QED) is 0.830. The molecule has 4 heteroatoms. The molecular weight excluding hydrogens is 252 g/mol. The fourth-order valence-corrected chi connectivity index (χ4v) is 3.71. The third-order valence-corrected chi connectivity index (χ3v) is 4.95. The van der Waals surface area contributed by atoms with Crippen LogP contribution in [0.5, 0.6) is 0 Å². The van der Waals surface area contributed by atoms with Gasteiger partial charge in [0.1, 0.15) is 6.04 Å². The molecule has 2 saturated carbocycles. The molecule has 0 spiro atoms. The molecule has 2 aliphatic rings. The van der Waals surface area contributed by atoms with Crippen molar-refractivity contribution in [1.82, 2.24) is 10.6 Å². The first kappa shape index (κ1) is 15.3. The molecule has 114 valence electrons. The molecule has 2 fully saturated rings. The molecular formula is C16H28N2O2. The van der Waals surface area contributed by atoms with Gasteiger partial charge in [0.05, 0.1) is 0 Å². The van der Waals surface area contributed by atoms with E-state index in [1.165, 1.54) is 39.0 Å². The van der Waals surface area contributed by atoms with Crippen LogP contribution >= 0.6 is 0 Å². The Balaban J connectivity index is 1.96. The Morgan fingerprint density at radius 1 is 1.00 bits per heavy atom. The van der Waals surface area contributed by atoms with Gasteiger partial charge in [0.15, 0.2) is 0 Å². The monoisotopic (exact) mass is 280 g/mol. The number of hydrogen-bond donors (Lipinski definition) is 2. The van der Waals surface area contributed by atoms with E-state index >= 15 is 0 Å². The Bertz CT molecular complexity index is 350. The highest BCUT2D eigenvalue weighted by atomic mass is 16.2. The number of rotatable bonds is 4. The van der Waals surface area contributed by atoms with Gasteiger partial charge >= 0.3 is 0 Å². The van der Waals surface area contributed by atoms with Crippen molar-refractivity contribution in [3.63, 3.8) is 0 Å². The smallest absolute Gasteiger partial charge is 0.243 e. The van der Waals surface area contributed by atoms with Gasteiger partial charge in [0.2, 0.25) is 11.8 Å². The zero-order valence-electron chi connectivity index (χ0n) is 12.8. The Morgan fingerprint density at radius 2 is 1.60 bits per heavy atom. The molecule has 0 aromatic carbocycles. The van der Waals surface area contributed by atoms with Crippen molar-refractivity contribution in [1.29, 1.82) is 0 Å². The Morgan fingerprint density at radius 3 is 2.20 bits per heavy atom. The summed E-state index contributed by atoms with van der Waals surface area (Å²) in [4.78, 5) is 23.9. The van der Waals surface area contributed by atoms with Crippen molar-refractivity contribution in [3.05, 3.63) is 0 Å². The van der Waals surface area contributed by atoms with Gasteiger partial charge in [-0.25, -0.2) is 0 Å². The molecule has 0 heterocycles. The maximum Gasteiger partial charge on any atom is 0.243 e. The molecule has 3 atom stereocenters. The van der Waals surface area contributed by atoms with Crippen LogP contribution < -0.4 is 10.6 Å². The summed E-state index contributed by atoms with van der Waals surface area (Å²) < 4.78 is 0. The molecule has 0 bridgehead atoms. The first-order valence-corrected chi connectivity index (χ1v) is 8.15. The fourth-order valence-electron chi connectivity index (χ4n) is 3.71. The average Bonchev–Trinajstić information content (AvgIpc) is 2.92. The standard InChI is InChI=1S/C16H28N2O2/c1-11-7-3-6-10-14(11)18-16(20)15(17-12(2)19)13-8-4-5-9-13/h11,13-15H,3-10H2,1-2H3,(H,17,19)(H,18,20). The van der Waals surface area contributed by atoms with E-state index in [9.17, 15) is 9.59 Å². The molecule has 2 amide bonds. The lowest BCUT2D eigenvalue weighted by atomic mass is 9.85. The number of nitrogens with one attached hydrogen (secondary N) is 2. The largest absolute Gasteiger partial charge is 0.351 e. The SMILES string of the molecule is CC(=O)NC(C(=O)NC1CCCCC1C)C1CCCC1. The summed E-state index contributed by atoms with van der Waals surface area (Å²) in [6.07, 6.45) is 9.19. The Hall–Kier alpha value is -1.06. The molecule has 2 rings (SSSR count). The first-order valence-electron chi connectivity index (χ1n) is 8.15. The maximum absolute atomic E-state index is 12.6. The third kappa shape index (κ3) is 3.97. The van der Waals surface area contributed by atoms with Crippen LogP contribution in [-0.2, 0) is 9.59 Å². The zero-order valence-corrected chi connectivity index (χ0v) is 12.8. The predicted octanol–water partition coefficient (Wildman–Crippen LogP) is 2.38. The molecule has 0 aliphatic heterocycles. The number of carbonyl (C=O) groups excluding carboxylic acids is 2. The molecule has 0 saturated heterocycles. The van der Waals surface area contributed by atoms with E-state index in [-0.39, 0.29) is 23.9 Å². The van der Waals surface area contributed by atoms with Gasteiger partial charge in [-0.15, -0.1) is 0 Å². The number of amides is 2. The molecule has 2 N–H and O–H groups in total. The minimum absolute atomic E-state index is 0.0332. The second-order valence-electron chi connectivity index (χ2n) is 6.60. The van der Waals surface area contributed by atoms with Gasteiger partial charge in [-0.05, 0) is 37.5 Å². The van der Waals surface area contributed by atoms with Crippen LogP contribution in [0.3, 0.4) is 0 Å². The van der Waals surface area contributed by atoms with Gasteiger partial charge in [-0.1, -0.05) is 32.6 Å². The molecule has 0 aromatic rings. The van der Waals surface area contributed by atoms with Crippen molar-refractivity contribution in [2.45, 2.75) is 77.3 Å². The van der Waals surface area contributed by atoms with E-state index in [0.717, 1.165) is 19.3 Å². The van der Waals surface area contributed by atoms with Crippen LogP contribution in [0.25, 0.3) is 0 Å². The number of carbonyl (C=O) groups is 2. The predicted molar refractivity (Wildman–Crippen MR) is 79.1 cm³/mol. The van der Waals surface area contributed by atoms with E-state index in [4.69, 9.17) is 0 Å². The fraction of sp³-hybridized carbons (Fsp3) is 0.875. The normalized spacial score (nSPS) is 28.9. The molecule has 3 unspecified atom stereocenters. The van der Waals surface area contributed by atoms with E-state index in [0.29, 0.717) is 11.8 Å². The van der Waals surface area contributed by atoms with Gasteiger partial charge in [0, 0.05) is 13.0 Å². The summed E-state index contributed by atoms with van der Waals surface area (Å²) in [5, 5.41) is 6.07. The minimum Gasteiger partial charge on any atom is -0.351 e. The average molecular weight is 280 g/mol. The molecule has 0 aromatic heterocycles. The van der Waals surface area contributed by atoms with Crippen LogP contribution in [0.2, 0.25) is 0 Å². The lowest BCUT2D eigenvalue weighted by molar-refractivity contribution is -0.130. The van der Waals surface area contributed by atoms with Gasteiger partial charge in [0.25, 0.3) is 0 Å². The molecule has 0 radical (unpaired) electrons. The van der Waals surface area contributed by atoms with Crippen LogP contribution in [0.15, 0.2) is 0 Å². The third-order valence-electron chi connectivity index (χ3n) is 4.95. The first-order chi connectivity index (χ1) is 9.58. The van der Waals surface area contributed by atoms with E-state index in [2.05, 4.69) is 17.6 Å². The topological polar surface area (TPSA) is 58.2 Å². The van der Waals surface area contributed by atoms with E-state index in [1.807, 2.05) is 0 Å². The Kier molecular flexibility index (Phi) is 5.44. The van der Waals surface area contributed by atoms with E-state index in [1.54, 1.807) is 0 Å². The summed E-state index contributed by atoms with van der Waals surface area (Å²) in [5.41, 5.74) is 0. The summed E-state index contributed by atoms with van der Waals surface area (Å²) in [6, 6.07) is -0.0435. The van der Waals surface area contributed by atoms with Gasteiger partial charge in [-0.2, -0.15) is 0 Å². The van der Waals surface area contributed by atoms with Gasteiger partial charge < -0.3 is 10.6 Å². The van der Waals surface area contributed by atoms with Crippen LogP contribution in [0, 0.1) is 11.8 Å². The maximum atomic E-state index is 12.6. The summed E-state index contributed by atoms with van der Waals surface area (Å²) >= 11 is 0. The second kappa shape index (κ2) is 7.09. The zero-order chi connectivity index (χ0) is 14.5. The molecule has 20 heavy (non-hydrogen) atoms. The lowest BCUT2D eigenvalue weighted by Crippen LogP contribution is -2.53. The van der Waals surface area contributed by atoms with Crippen molar-refractivity contribution < 1.29 is 9.59 Å². The summed E-state index contributed by atoms with van der Waals surface area (Å²) in [5.74, 6) is 0.798. The summed E-state index contributed by atoms with van der Waals surface area (Å²) in [6.45, 7) is 3.71. The number of hydrogen-bond acceptors (Lipinski definition) is 2. The highest BCUT2D eigenvalue weighted by Crippen LogP contribution is 2.29. The second-order valence-corrected chi connectivity index (χ2v) is 6.60. The van der Waals surface area contributed by atoms with Crippen molar-refractivity contribution in [3.8, 4) is 0 Å². The minimum atomic E-state index is -0.330. The molecule has 4 nitrogen and oxygen atoms in total. The van der Waals surface area contributed by atoms with Crippen LogP contribution in [0.4, 0.5) is 0 Å². The summed E-state index contributed by atoms with van der Waals surface area (Å²) in [7, 11) is 0. The highest BCUT2D eigenvalue weighted by molar-refractivity contribution is 5.87. The van der Waals surface area contributed by atoms with Crippen molar-refractivity contribution in [2.75, 3.05) is 0 Å². The van der Waals surface area contributed by atoms with Crippen LogP contribution in [-0.4, -0.2) is 23.9 Å². The lowest BCUT2D eigenvalue weighted by Gasteiger charge is -2.32. The van der Waals surface area contributed by atoms with Gasteiger partial charge in [-0.3, -0.25) is 9.59 Å². The van der Waals surface area contributed by atoms with E-state index < -0.39 is 0 Å².